The minimum absolute atomic E-state index is 0.253. The van der Waals surface area contributed by atoms with Crippen molar-refractivity contribution in [3.63, 3.8) is 0 Å². The summed E-state index contributed by atoms with van der Waals surface area (Å²) in [7, 11) is 0. The molecule has 1 aliphatic rings. The summed E-state index contributed by atoms with van der Waals surface area (Å²) in [6.07, 6.45) is 2.89. The summed E-state index contributed by atoms with van der Waals surface area (Å²) in [5, 5.41) is 20.8. The molecular formula is C20H13ClO4. The zero-order valence-electron chi connectivity index (χ0n) is 12.9. The van der Waals surface area contributed by atoms with E-state index in [0.717, 1.165) is 5.56 Å². The average molecular weight is 353 g/mol. The highest BCUT2D eigenvalue weighted by atomic mass is 35.5. The lowest BCUT2D eigenvalue weighted by Crippen LogP contribution is -2.22. The number of carbonyl (C=O) groups is 2. The number of ketones is 2. The van der Waals surface area contributed by atoms with Crippen molar-refractivity contribution < 1.29 is 19.8 Å². The molecular weight excluding hydrogens is 340 g/mol. The number of benzene rings is 2. The van der Waals surface area contributed by atoms with Crippen molar-refractivity contribution in [3.05, 3.63) is 93.9 Å². The molecule has 0 fully saturated rings. The monoisotopic (exact) mass is 352 g/mol. The summed E-state index contributed by atoms with van der Waals surface area (Å²) in [6.45, 7) is 0. The Morgan fingerprint density at radius 1 is 0.800 bits per heavy atom. The van der Waals surface area contributed by atoms with E-state index in [1.807, 2.05) is 18.2 Å². The molecule has 2 aromatic carbocycles. The number of aliphatic hydroxyl groups excluding tert-OH is 2. The van der Waals surface area contributed by atoms with Crippen LogP contribution in [0.25, 0.3) is 11.6 Å². The van der Waals surface area contributed by atoms with Crippen LogP contribution in [-0.4, -0.2) is 21.8 Å². The predicted octanol–water partition coefficient (Wildman–Crippen LogP) is 4.29. The third kappa shape index (κ3) is 3.25. The predicted molar refractivity (Wildman–Crippen MR) is 96.1 cm³/mol. The lowest BCUT2D eigenvalue weighted by atomic mass is 9.89. The van der Waals surface area contributed by atoms with Gasteiger partial charge < -0.3 is 10.2 Å². The number of carbonyl (C=O) groups excluding carboxylic acids is 2. The quantitative estimate of drug-likeness (QED) is 0.808. The Bertz CT molecular complexity index is 953. The fraction of sp³-hybridized carbons (Fsp3) is 0. The minimum atomic E-state index is -0.827. The van der Waals surface area contributed by atoms with Crippen molar-refractivity contribution in [2.75, 3.05) is 0 Å². The minimum Gasteiger partial charge on any atom is -0.504 e. The molecule has 3 rings (SSSR count). The second kappa shape index (κ2) is 6.79. The van der Waals surface area contributed by atoms with Crippen LogP contribution in [0, 0.1) is 0 Å². The van der Waals surface area contributed by atoms with E-state index in [4.69, 9.17) is 11.6 Å². The first-order valence-corrected chi connectivity index (χ1v) is 7.82. The van der Waals surface area contributed by atoms with Gasteiger partial charge in [-0.2, -0.15) is 0 Å². The molecule has 0 atom stereocenters. The van der Waals surface area contributed by atoms with E-state index in [1.165, 1.54) is 18.2 Å². The molecule has 0 amide bonds. The molecule has 25 heavy (non-hydrogen) atoms. The summed E-state index contributed by atoms with van der Waals surface area (Å²) in [5.41, 5.74) is 0.534. The van der Waals surface area contributed by atoms with Crippen molar-refractivity contribution in [3.8, 4) is 0 Å². The van der Waals surface area contributed by atoms with Gasteiger partial charge in [0.05, 0.1) is 11.1 Å². The summed E-state index contributed by atoms with van der Waals surface area (Å²) in [4.78, 5) is 24.9. The molecule has 0 aromatic heterocycles. The Morgan fingerprint density at radius 3 is 2.20 bits per heavy atom. The Balaban J connectivity index is 2.01. The summed E-state index contributed by atoms with van der Waals surface area (Å²) in [5.74, 6) is -3.06. The zero-order valence-corrected chi connectivity index (χ0v) is 13.7. The largest absolute Gasteiger partial charge is 0.504 e. The Labute approximate surface area is 149 Å². The fourth-order valence-electron chi connectivity index (χ4n) is 2.51. The van der Waals surface area contributed by atoms with E-state index < -0.39 is 23.1 Å². The van der Waals surface area contributed by atoms with Gasteiger partial charge in [0.2, 0.25) is 11.6 Å². The van der Waals surface area contributed by atoms with E-state index in [9.17, 15) is 19.8 Å². The molecule has 2 N–H and O–H groups in total. The molecule has 0 radical (unpaired) electrons. The van der Waals surface area contributed by atoms with Gasteiger partial charge in [0.25, 0.3) is 0 Å². The SMILES string of the molecule is O=C1C(O)=C(c2cccc(Cl)c2)C(=O)C(O)=C1/C=C/c1ccccc1. The highest BCUT2D eigenvalue weighted by Gasteiger charge is 2.34. The third-order valence-electron chi connectivity index (χ3n) is 3.75. The van der Waals surface area contributed by atoms with Gasteiger partial charge in [0.15, 0.2) is 11.5 Å². The van der Waals surface area contributed by atoms with Gasteiger partial charge >= 0.3 is 0 Å². The number of allylic oxidation sites excluding steroid dienone is 3. The standard InChI is InChI=1S/C20H13ClO4/c21-14-8-4-7-13(11-14)16-19(24)17(22)15(18(23)20(16)25)10-9-12-5-2-1-3-6-12/h1-11,22,25H/b10-9+. The third-order valence-corrected chi connectivity index (χ3v) is 3.98. The molecule has 5 heteroatoms. The number of aliphatic hydroxyl groups is 2. The van der Waals surface area contributed by atoms with Crippen LogP contribution in [0.3, 0.4) is 0 Å². The number of halogens is 1. The smallest absolute Gasteiger partial charge is 0.232 e. The Hall–Kier alpha value is -3.11. The lowest BCUT2D eigenvalue weighted by molar-refractivity contribution is -0.118. The highest BCUT2D eigenvalue weighted by molar-refractivity contribution is 6.39. The Morgan fingerprint density at radius 2 is 1.52 bits per heavy atom. The summed E-state index contributed by atoms with van der Waals surface area (Å²) in [6, 6.07) is 15.2. The van der Waals surface area contributed by atoms with E-state index in [-0.39, 0.29) is 16.7 Å². The molecule has 0 heterocycles. The van der Waals surface area contributed by atoms with Gasteiger partial charge in [0, 0.05) is 5.02 Å². The van der Waals surface area contributed by atoms with Crippen molar-refractivity contribution in [1.29, 1.82) is 0 Å². The normalized spacial score (nSPS) is 15.4. The van der Waals surface area contributed by atoms with Crippen LogP contribution in [0.1, 0.15) is 11.1 Å². The van der Waals surface area contributed by atoms with E-state index in [2.05, 4.69) is 0 Å². The number of Topliss-reactive ketones (excluding diaryl/α,β-unsaturated/α-hetero) is 2. The molecule has 0 spiro atoms. The van der Waals surface area contributed by atoms with Crippen LogP contribution in [0.2, 0.25) is 5.02 Å². The van der Waals surface area contributed by atoms with Gasteiger partial charge in [-0.1, -0.05) is 60.1 Å². The van der Waals surface area contributed by atoms with Crippen molar-refractivity contribution >= 4 is 34.8 Å². The zero-order chi connectivity index (χ0) is 18.0. The van der Waals surface area contributed by atoms with E-state index in [1.54, 1.807) is 30.3 Å². The number of hydrogen-bond acceptors (Lipinski definition) is 4. The van der Waals surface area contributed by atoms with Gasteiger partial charge in [-0.3, -0.25) is 9.59 Å². The van der Waals surface area contributed by atoms with Gasteiger partial charge in [-0.25, -0.2) is 0 Å². The summed E-state index contributed by atoms with van der Waals surface area (Å²) >= 11 is 5.89. The van der Waals surface area contributed by atoms with Crippen LogP contribution in [0.4, 0.5) is 0 Å². The molecule has 2 aromatic rings. The second-order valence-electron chi connectivity index (χ2n) is 5.40. The molecule has 0 unspecified atom stereocenters. The van der Waals surface area contributed by atoms with Gasteiger partial charge in [-0.15, -0.1) is 0 Å². The summed E-state index contributed by atoms with van der Waals surface area (Å²) < 4.78 is 0. The first-order valence-electron chi connectivity index (χ1n) is 7.44. The van der Waals surface area contributed by atoms with Crippen LogP contribution in [0.15, 0.2) is 77.8 Å². The molecule has 0 aliphatic heterocycles. The van der Waals surface area contributed by atoms with E-state index in [0.29, 0.717) is 5.02 Å². The van der Waals surface area contributed by atoms with Crippen LogP contribution in [-0.2, 0) is 9.59 Å². The number of hydrogen-bond donors (Lipinski definition) is 2. The maximum absolute atomic E-state index is 12.5. The fourth-order valence-corrected chi connectivity index (χ4v) is 2.70. The molecule has 0 saturated heterocycles. The van der Waals surface area contributed by atoms with Crippen molar-refractivity contribution in [2.45, 2.75) is 0 Å². The average Bonchev–Trinajstić information content (AvgIpc) is 2.61. The van der Waals surface area contributed by atoms with Gasteiger partial charge in [-0.05, 0) is 29.3 Å². The Kier molecular flexibility index (Phi) is 4.55. The van der Waals surface area contributed by atoms with Crippen LogP contribution in [0.5, 0.6) is 0 Å². The topological polar surface area (TPSA) is 74.6 Å². The maximum atomic E-state index is 12.5. The van der Waals surface area contributed by atoms with Crippen LogP contribution < -0.4 is 0 Å². The van der Waals surface area contributed by atoms with E-state index >= 15 is 0 Å². The first-order chi connectivity index (χ1) is 12.0. The highest BCUT2D eigenvalue weighted by Crippen LogP contribution is 2.31. The molecule has 124 valence electrons. The van der Waals surface area contributed by atoms with Crippen molar-refractivity contribution in [1.82, 2.24) is 0 Å². The molecule has 0 bridgehead atoms. The lowest BCUT2D eigenvalue weighted by Gasteiger charge is -2.16. The first kappa shape index (κ1) is 16.7. The molecule has 1 aliphatic carbocycles. The molecule has 0 saturated carbocycles. The maximum Gasteiger partial charge on any atom is 0.232 e. The number of rotatable bonds is 3. The van der Waals surface area contributed by atoms with Crippen LogP contribution >= 0.6 is 11.6 Å². The van der Waals surface area contributed by atoms with Gasteiger partial charge in [0.1, 0.15) is 0 Å². The second-order valence-corrected chi connectivity index (χ2v) is 5.83. The van der Waals surface area contributed by atoms with Crippen molar-refractivity contribution in [2.24, 2.45) is 0 Å². The molecule has 4 nitrogen and oxygen atoms in total.